The third-order valence-electron chi connectivity index (χ3n) is 5.01. The zero-order valence-electron chi connectivity index (χ0n) is 14.0. The van der Waals surface area contributed by atoms with Gasteiger partial charge in [0.1, 0.15) is 0 Å². The van der Waals surface area contributed by atoms with Crippen molar-refractivity contribution < 1.29 is 4.74 Å². The molecule has 0 aromatic carbocycles. The van der Waals surface area contributed by atoms with Crippen LogP contribution in [0.1, 0.15) is 39.5 Å². The molecule has 1 saturated carbocycles. The van der Waals surface area contributed by atoms with Crippen molar-refractivity contribution in [3.05, 3.63) is 0 Å². The summed E-state index contributed by atoms with van der Waals surface area (Å²) in [6.45, 7) is 8.18. The third kappa shape index (κ3) is 3.77. The first-order valence-electron chi connectivity index (χ1n) is 8.40. The Kier molecular flexibility index (Phi) is 4.97. The molecule has 0 atom stereocenters. The quantitative estimate of drug-likeness (QED) is 0.797. The van der Waals surface area contributed by atoms with Crippen molar-refractivity contribution >= 4 is 17.7 Å². The fourth-order valence-corrected chi connectivity index (χ4v) is 4.38. The minimum atomic E-state index is 0.551. The number of hydrogen-bond donors (Lipinski definition) is 0. The Balaban J connectivity index is 1.54. The summed E-state index contributed by atoms with van der Waals surface area (Å²) in [6.07, 6.45) is 5.43. The second kappa shape index (κ2) is 6.79. The standard InChI is InChI=1S/C16H28N4OS/c1-16(2)6-4-13(5-7-16)12-22-15-18-17-14(19(15)3)20-8-10-21-11-9-20/h13H,4-12H2,1-3H3. The molecule has 1 aliphatic heterocycles. The van der Waals surface area contributed by atoms with Crippen LogP contribution in [-0.2, 0) is 11.8 Å². The van der Waals surface area contributed by atoms with Crippen molar-refractivity contribution in [2.24, 2.45) is 18.4 Å². The van der Waals surface area contributed by atoms with Crippen LogP contribution in [0.15, 0.2) is 5.16 Å². The van der Waals surface area contributed by atoms with Crippen LogP contribution in [0.25, 0.3) is 0 Å². The van der Waals surface area contributed by atoms with Gasteiger partial charge in [0.25, 0.3) is 0 Å². The highest BCUT2D eigenvalue weighted by Gasteiger charge is 2.27. The number of thioether (sulfide) groups is 1. The molecule has 1 aromatic heterocycles. The van der Waals surface area contributed by atoms with Crippen LogP contribution in [-0.4, -0.2) is 46.8 Å². The fraction of sp³-hybridized carbons (Fsp3) is 0.875. The summed E-state index contributed by atoms with van der Waals surface area (Å²) in [5.74, 6) is 2.99. The first-order chi connectivity index (χ1) is 10.6. The Hall–Kier alpha value is -0.750. The summed E-state index contributed by atoms with van der Waals surface area (Å²) >= 11 is 1.87. The van der Waals surface area contributed by atoms with Gasteiger partial charge in [-0.1, -0.05) is 25.6 Å². The molecule has 0 radical (unpaired) electrons. The molecule has 0 spiro atoms. The van der Waals surface area contributed by atoms with Gasteiger partial charge in [0, 0.05) is 25.9 Å². The van der Waals surface area contributed by atoms with Gasteiger partial charge in [-0.3, -0.25) is 4.57 Å². The monoisotopic (exact) mass is 324 g/mol. The zero-order chi connectivity index (χ0) is 15.6. The van der Waals surface area contributed by atoms with E-state index in [4.69, 9.17) is 4.74 Å². The molecule has 1 saturated heterocycles. The summed E-state index contributed by atoms with van der Waals surface area (Å²) in [5.41, 5.74) is 0.551. The minimum Gasteiger partial charge on any atom is -0.378 e. The molecular formula is C16H28N4OS. The van der Waals surface area contributed by atoms with Crippen molar-refractivity contribution in [3.8, 4) is 0 Å². The Morgan fingerprint density at radius 3 is 2.55 bits per heavy atom. The second-order valence-electron chi connectivity index (χ2n) is 7.36. The number of morpholine rings is 1. The molecule has 0 amide bonds. The molecule has 2 heterocycles. The van der Waals surface area contributed by atoms with E-state index in [1.807, 2.05) is 11.8 Å². The number of hydrogen-bond acceptors (Lipinski definition) is 5. The molecule has 1 aliphatic carbocycles. The van der Waals surface area contributed by atoms with Gasteiger partial charge in [-0.05, 0) is 37.0 Å². The van der Waals surface area contributed by atoms with Gasteiger partial charge < -0.3 is 9.64 Å². The second-order valence-corrected chi connectivity index (χ2v) is 8.35. The Morgan fingerprint density at radius 1 is 1.18 bits per heavy atom. The SMILES string of the molecule is Cn1c(SCC2CCC(C)(C)CC2)nnc1N1CCOCC1. The molecule has 0 bridgehead atoms. The van der Waals surface area contributed by atoms with Crippen LogP contribution in [0.4, 0.5) is 5.95 Å². The first-order valence-corrected chi connectivity index (χ1v) is 9.39. The summed E-state index contributed by atoms with van der Waals surface area (Å²) in [7, 11) is 2.08. The molecule has 1 aromatic rings. The molecule has 3 rings (SSSR count). The summed E-state index contributed by atoms with van der Waals surface area (Å²) in [4.78, 5) is 2.27. The van der Waals surface area contributed by atoms with E-state index in [1.54, 1.807) is 0 Å². The predicted molar refractivity (Wildman–Crippen MR) is 90.5 cm³/mol. The van der Waals surface area contributed by atoms with Gasteiger partial charge in [0.05, 0.1) is 13.2 Å². The van der Waals surface area contributed by atoms with Crippen molar-refractivity contribution in [2.75, 3.05) is 37.0 Å². The van der Waals surface area contributed by atoms with E-state index < -0.39 is 0 Å². The fourth-order valence-electron chi connectivity index (χ4n) is 3.29. The largest absolute Gasteiger partial charge is 0.378 e. The summed E-state index contributed by atoms with van der Waals surface area (Å²) in [5, 5.41) is 9.83. The van der Waals surface area contributed by atoms with E-state index in [-0.39, 0.29) is 0 Å². The lowest BCUT2D eigenvalue weighted by Crippen LogP contribution is -2.37. The number of rotatable bonds is 4. The number of nitrogens with zero attached hydrogens (tertiary/aromatic N) is 4. The molecule has 6 heteroatoms. The Bertz CT molecular complexity index is 486. The topological polar surface area (TPSA) is 43.2 Å². The van der Waals surface area contributed by atoms with E-state index in [0.29, 0.717) is 5.41 Å². The van der Waals surface area contributed by atoms with Crippen LogP contribution in [0.3, 0.4) is 0 Å². The highest BCUT2D eigenvalue weighted by Crippen LogP contribution is 2.39. The predicted octanol–water partition coefficient (Wildman–Crippen LogP) is 2.96. The number of aromatic nitrogens is 3. The van der Waals surface area contributed by atoms with Crippen LogP contribution in [0, 0.1) is 11.3 Å². The molecule has 2 aliphatic rings. The zero-order valence-corrected chi connectivity index (χ0v) is 14.9. The van der Waals surface area contributed by atoms with E-state index in [9.17, 15) is 0 Å². The average Bonchev–Trinajstić information content (AvgIpc) is 2.88. The Labute approximate surface area is 137 Å². The lowest BCUT2D eigenvalue weighted by molar-refractivity contribution is 0.121. The molecule has 0 unspecified atom stereocenters. The number of ether oxygens (including phenoxy) is 1. The maximum atomic E-state index is 5.41. The maximum absolute atomic E-state index is 5.41. The lowest BCUT2D eigenvalue weighted by atomic mass is 9.74. The van der Waals surface area contributed by atoms with Gasteiger partial charge in [-0.2, -0.15) is 0 Å². The molecule has 0 N–H and O–H groups in total. The average molecular weight is 324 g/mol. The van der Waals surface area contributed by atoms with E-state index in [0.717, 1.165) is 43.3 Å². The van der Waals surface area contributed by atoms with Crippen LogP contribution < -0.4 is 4.90 Å². The molecule has 5 nitrogen and oxygen atoms in total. The van der Waals surface area contributed by atoms with Gasteiger partial charge >= 0.3 is 0 Å². The summed E-state index contributed by atoms with van der Waals surface area (Å²) < 4.78 is 7.55. The number of anilines is 1. The highest BCUT2D eigenvalue weighted by molar-refractivity contribution is 7.99. The lowest BCUT2D eigenvalue weighted by Gasteiger charge is -2.34. The first kappa shape index (κ1) is 16.1. The van der Waals surface area contributed by atoms with E-state index >= 15 is 0 Å². The highest BCUT2D eigenvalue weighted by atomic mass is 32.2. The third-order valence-corrected chi connectivity index (χ3v) is 6.26. The van der Waals surface area contributed by atoms with Crippen LogP contribution in [0.2, 0.25) is 0 Å². The normalized spacial score (nSPS) is 23.0. The van der Waals surface area contributed by atoms with Crippen molar-refractivity contribution in [3.63, 3.8) is 0 Å². The molecule has 22 heavy (non-hydrogen) atoms. The van der Waals surface area contributed by atoms with Crippen molar-refractivity contribution in [2.45, 2.75) is 44.7 Å². The van der Waals surface area contributed by atoms with Gasteiger partial charge in [-0.15, -0.1) is 10.2 Å². The van der Waals surface area contributed by atoms with E-state index in [2.05, 4.69) is 40.6 Å². The maximum Gasteiger partial charge on any atom is 0.227 e. The van der Waals surface area contributed by atoms with Crippen LogP contribution >= 0.6 is 11.8 Å². The molecular weight excluding hydrogens is 296 g/mol. The molecule has 2 fully saturated rings. The summed E-state index contributed by atoms with van der Waals surface area (Å²) in [6, 6.07) is 0. The smallest absolute Gasteiger partial charge is 0.227 e. The van der Waals surface area contributed by atoms with Crippen molar-refractivity contribution in [1.82, 2.24) is 14.8 Å². The molecule has 124 valence electrons. The Morgan fingerprint density at radius 2 is 1.86 bits per heavy atom. The van der Waals surface area contributed by atoms with Gasteiger partial charge in [-0.25, -0.2) is 0 Å². The van der Waals surface area contributed by atoms with Crippen LogP contribution in [0.5, 0.6) is 0 Å². The van der Waals surface area contributed by atoms with E-state index in [1.165, 1.54) is 31.4 Å². The van der Waals surface area contributed by atoms with Crippen molar-refractivity contribution in [1.29, 1.82) is 0 Å². The minimum absolute atomic E-state index is 0.551. The van der Waals surface area contributed by atoms with Gasteiger partial charge in [0.15, 0.2) is 5.16 Å². The van der Waals surface area contributed by atoms with Gasteiger partial charge in [0.2, 0.25) is 5.95 Å².